The Balaban J connectivity index is 2.11. The van der Waals surface area contributed by atoms with Crippen LogP contribution in [0.25, 0.3) is 0 Å². The zero-order valence-corrected chi connectivity index (χ0v) is 9.40. The Bertz CT molecular complexity index is 628. The van der Waals surface area contributed by atoms with Crippen molar-refractivity contribution in [2.24, 2.45) is 0 Å². The number of aromatic nitrogens is 3. The monoisotopic (exact) mass is 271 g/mol. The van der Waals surface area contributed by atoms with Gasteiger partial charge in [0.1, 0.15) is 18.7 Å². The predicted octanol–water partition coefficient (Wildman–Crippen LogP) is 0.916. The highest BCUT2D eigenvalue weighted by Gasteiger charge is 2.14. The molecule has 0 saturated heterocycles. The van der Waals surface area contributed by atoms with Gasteiger partial charge in [-0.05, 0) is 0 Å². The number of rotatable bonds is 3. The Morgan fingerprint density at radius 3 is 2.74 bits per heavy atom. The van der Waals surface area contributed by atoms with Crippen LogP contribution in [0.15, 0.2) is 18.5 Å². The summed E-state index contributed by atoms with van der Waals surface area (Å²) in [6.07, 6.45) is 1.19. The minimum atomic E-state index is -1.39. The number of carbonyl (C=O) groups is 1. The second-order valence-electron chi connectivity index (χ2n) is 3.60. The summed E-state index contributed by atoms with van der Waals surface area (Å²) in [5, 5.41) is 5.66. The molecule has 1 heterocycles. The quantitative estimate of drug-likeness (QED) is 0.813. The largest absolute Gasteiger partial charge is 0.367 e. The van der Waals surface area contributed by atoms with Gasteiger partial charge in [-0.3, -0.25) is 4.79 Å². The Hall–Kier alpha value is -2.58. The molecule has 100 valence electrons. The van der Waals surface area contributed by atoms with Gasteiger partial charge in [0.2, 0.25) is 11.9 Å². The lowest BCUT2D eigenvalue weighted by molar-refractivity contribution is -0.116. The summed E-state index contributed by atoms with van der Waals surface area (Å²) in [6, 6.07) is 1.05. The van der Waals surface area contributed by atoms with E-state index < -0.39 is 29.0 Å². The van der Waals surface area contributed by atoms with Gasteiger partial charge in [0, 0.05) is 12.1 Å². The number of nitrogens with zero attached hydrogens (tertiary/aromatic N) is 3. The molecule has 6 nitrogen and oxygen atoms in total. The number of benzene rings is 1. The topological polar surface area (TPSA) is 85.8 Å². The van der Waals surface area contributed by atoms with Gasteiger partial charge < -0.3 is 11.1 Å². The first-order chi connectivity index (χ1) is 8.95. The number of nitrogens with one attached hydrogen (secondary N) is 1. The van der Waals surface area contributed by atoms with Crippen molar-refractivity contribution < 1.29 is 18.0 Å². The lowest BCUT2D eigenvalue weighted by Gasteiger charge is -2.07. The van der Waals surface area contributed by atoms with E-state index in [1.54, 1.807) is 0 Å². The van der Waals surface area contributed by atoms with E-state index in [1.807, 2.05) is 5.32 Å². The Morgan fingerprint density at radius 2 is 2.11 bits per heavy atom. The molecule has 9 heteroatoms. The summed E-state index contributed by atoms with van der Waals surface area (Å²) in [6.45, 7) is -0.318. The van der Waals surface area contributed by atoms with Crippen molar-refractivity contribution in [2.75, 3.05) is 11.1 Å². The van der Waals surface area contributed by atoms with E-state index in [0.717, 1.165) is 4.68 Å². The molecule has 0 aliphatic rings. The van der Waals surface area contributed by atoms with E-state index in [0.29, 0.717) is 12.1 Å². The highest BCUT2D eigenvalue weighted by atomic mass is 19.2. The Morgan fingerprint density at radius 1 is 1.37 bits per heavy atom. The van der Waals surface area contributed by atoms with E-state index in [2.05, 4.69) is 10.1 Å². The van der Waals surface area contributed by atoms with Gasteiger partial charge in [-0.25, -0.2) is 22.8 Å². The van der Waals surface area contributed by atoms with E-state index in [-0.39, 0.29) is 12.5 Å². The number of anilines is 2. The van der Waals surface area contributed by atoms with Crippen molar-refractivity contribution >= 4 is 17.5 Å². The first kappa shape index (κ1) is 12.9. The van der Waals surface area contributed by atoms with Crippen LogP contribution < -0.4 is 11.1 Å². The number of amides is 1. The van der Waals surface area contributed by atoms with Gasteiger partial charge in [-0.2, -0.15) is 0 Å². The average Bonchev–Trinajstić information content (AvgIpc) is 2.70. The van der Waals surface area contributed by atoms with E-state index in [1.165, 1.54) is 6.33 Å². The van der Waals surface area contributed by atoms with Gasteiger partial charge in [-0.1, -0.05) is 0 Å². The molecule has 2 rings (SSSR count). The molecule has 1 aromatic heterocycles. The summed E-state index contributed by atoms with van der Waals surface area (Å²) in [5.74, 6) is -4.49. The Labute approximate surface area is 105 Å². The molecule has 0 unspecified atom stereocenters. The van der Waals surface area contributed by atoms with Crippen molar-refractivity contribution in [3.05, 3.63) is 35.9 Å². The SMILES string of the molecule is Nc1ncn(CC(=O)Nc2cc(F)cc(F)c2F)n1. The van der Waals surface area contributed by atoms with Crippen LogP contribution in [0.5, 0.6) is 0 Å². The fraction of sp³-hybridized carbons (Fsp3) is 0.100. The molecule has 0 fully saturated rings. The summed E-state index contributed by atoms with van der Waals surface area (Å²) >= 11 is 0. The second kappa shape index (κ2) is 4.96. The fourth-order valence-corrected chi connectivity index (χ4v) is 1.37. The summed E-state index contributed by atoms with van der Waals surface area (Å²) < 4.78 is 40.2. The summed E-state index contributed by atoms with van der Waals surface area (Å²) in [5.41, 5.74) is 4.65. The second-order valence-corrected chi connectivity index (χ2v) is 3.60. The van der Waals surface area contributed by atoms with Crippen LogP contribution in [0.4, 0.5) is 24.8 Å². The Kier molecular flexibility index (Phi) is 3.36. The molecule has 1 aromatic carbocycles. The number of carbonyl (C=O) groups excluding carboxylic acids is 1. The van der Waals surface area contributed by atoms with Crippen molar-refractivity contribution in [3.8, 4) is 0 Å². The van der Waals surface area contributed by atoms with Crippen LogP contribution >= 0.6 is 0 Å². The molecular formula is C10H8F3N5O. The maximum atomic E-state index is 13.3. The van der Waals surface area contributed by atoms with Crippen molar-refractivity contribution in [1.82, 2.24) is 14.8 Å². The number of hydrogen-bond acceptors (Lipinski definition) is 4. The third-order valence-corrected chi connectivity index (χ3v) is 2.13. The summed E-state index contributed by atoms with van der Waals surface area (Å²) in [4.78, 5) is 15.1. The zero-order valence-electron chi connectivity index (χ0n) is 9.40. The van der Waals surface area contributed by atoms with Gasteiger partial charge in [0.25, 0.3) is 0 Å². The maximum Gasteiger partial charge on any atom is 0.246 e. The van der Waals surface area contributed by atoms with Gasteiger partial charge in [0.05, 0.1) is 5.69 Å². The molecule has 2 aromatic rings. The molecule has 0 aliphatic carbocycles. The van der Waals surface area contributed by atoms with Gasteiger partial charge in [0.15, 0.2) is 11.6 Å². The van der Waals surface area contributed by atoms with Crippen molar-refractivity contribution in [2.45, 2.75) is 6.54 Å². The highest BCUT2D eigenvalue weighted by Crippen LogP contribution is 2.19. The third-order valence-electron chi connectivity index (χ3n) is 2.13. The molecule has 0 bridgehead atoms. The van der Waals surface area contributed by atoms with Crippen molar-refractivity contribution in [1.29, 1.82) is 0 Å². The van der Waals surface area contributed by atoms with Crippen LogP contribution in [0.3, 0.4) is 0 Å². The van der Waals surface area contributed by atoms with Crippen LogP contribution in [-0.4, -0.2) is 20.7 Å². The normalized spacial score (nSPS) is 10.5. The highest BCUT2D eigenvalue weighted by molar-refractivity contribution is 5.90. The van der Waals surface area contributed by atoms with Crippen LogP contribution in [0, 0.1) is 17.5 Å². The number of hydrogen-bond donors (Lipinski definition) is 2. The maximum absolute atomic E-state index is 13.3. The number of nitrogen functional groups attached to an aromatic ring is 1. The fourth-order valence-electron chi connectivity index (χ4n) is 1.37. The van der Waals surface area contributed by atoms with Gasteiger partial charge in [-0.15, -0.1) is 5.10 Å². The first-order valence-electron chi connectivity index (χ1n) is 5.05. The van der Waals surface area contributed by atoms with E-state index >= 15 is 0 Å². The zero-order chi connectivity index (χ0) is 14.0. The number of halogens is 3. The molecule has 0 aliphatic heterocycles. The molecule has 0 radical (unpaired) electrons. The molecule has 0 atom stereocenters. The summed E-state index contributed by atoms with van der Waals surface area (Å²) in [7, 11) is 0. The standard InChI is InChI=1S/C10H8F3N5O/c11-5-1-6(12)9(13)7(2-5)16-8(19)3-18-4-15-10(14)17-18/h1-2,4H,3H2,(H2,14,17)(H,16,19). The molecule has 0 spiro atoms. The molecule has 0 saturated carbocycles. The minimum absolute atomic E-state index is 0.0317. The van der Waals surface area contributed by atoms with Crippen molar-refractivity contribution in [3.63, 3.8) is 0 Å². The smallest absolute Gasteiger partial charge is 0.246 e. The molecule has 19 heavy (non-hydrogen) atoms. The average molecular weight is 271 g/mol. The minimum Gasteiger partial charge on any atom is -0.367 e. The van der Waals surface area contributed by atoms with Gasteiger partial charge >= 0.3 is 0 Å². The molecular weight excluding hydrogens is 263 g/mol. The first-order valence-corrected chi connectivity index (χ1v) is 5.05. The molecule has 3 N–H and O–H groups in total. The predicted molar refractivity (Wildman–Crippen MR) is 59.4 cm³/mol. The van der Waals surface area contributed by atoms with E-state index in [9.17, 15) is 18.0 Å². The molecule has 1 amide bonds. The van der Waals surface area contributed by atoms with E-state index in [4.69, 9.17) is 5.73 Å². The third kappa shape index (κ3) is 3.00. The van der Waals surface area contributed by atoms with Crippen LogP contribution in [0.1, 0.15) is 0 Å². The van der Waals surface area contributed by atoms with Crippen LogP contribution in [-0.2, 0) is 11.3 Å². The number of nitrogens with two attached hydrogens (primary N) is 1. The lowest BCUT2D eigenvalue weighted by Crippen LogP contribution is -2.20. The lowest BCUT2D eigenvalue weighted by atomic mass is 10.3. The van der Waals surface area contributed by atoms with Crippen LogP contribution in [0.2, 0.25) is 0 Å².